The molecule has 0 bridgehead atoms. The molecule has 0 saturated carbocycles. The Hall–Kier alpha value is -2.63. The molecule has 6 heteroatoms. The highest BCUT2D eigenvalue weighted by Crippen LogP contribution is 2.18. The third-order valence-electron chi connectivity index (χ3n) is 2.69. The lowest BCUT2D eigenvalue weighted by atomic mass is 10.0. The van der Waals surface area contributed by atoms with Crippen molar-refractivity contribution in [3.63, 3.8) is 0 Å². The Balaban J connectivity index is 2.17. The molecule has 1 unspecified atom stereocenters. The molecule has 1 aromatic heterocycles. The molecule has 0 aliphatic rings. The van der Waals surface area contributed by atoms with Gasteiger partial charge in [-0.1, -0.05) is 12.1 Å². The zero-order valence-corrected chi connectivity index (χ0v) is 10.3. The Morgan fingerprint density at radius 3 is 2.50 bits per heavy atom. The predicted molar refractivity (Wildman–Crippen MR) is 64.9 cm³/mol. The van der Waals surface area contributed by atoms with Gasteiger partial charge in [0.05, 0.1) is 12.3 Å². The molecular formula is C14H11FNO4-. The molecule has 0 aliphatic heterocycles. The average molecular weight is 276 g/mol. The molecule has 20 heavy (non-hydrogen) atoms. The van der Waals surface area contributed by atoms with Crippen LogP contribution in [0.3, 0.4) is 0 Å². The summed E-state index contributed by atoms with van der Waals surface area (Å²) in [6.07, 6.45) is 0.915. The van der Waals surface area contributed by atoms with Crippen molar-refractivity contribution in [1.29, 1.82) is 0 Å². The molecule has 1 atom stereocenters. The Morgan fingerprint density at radius 2 is 1.95 bits per heavy atom. The number of carboxylic acid groups (broad SMARTS) is 1. The number of benzene rings is 1. The van der Waals surface area contributed by atoms with Crippen molar-refractivity contribution in [3.05, 3.63) is 59.8 Å². The smallest absolute Gasteiger partial charge is 0.287 e. The highest BCUT2D eigenvalue weighted by atomic mass is 19.1. The van der Waals surface area contributed by atoms with E-state index in [-0.39, 0.29) is 5.76 Å². The molecule has 0 fully saturated rings. The van der Waals surface area contributed by atoms with E-state index in [9.17, 15) is 19.1 Å². The number of halogens is 1. The third-order valence-corrected chi connectivity index (χ3v) is 2.69. The summed E-state index contributed by atoms with van der Waals surface area (Å²) in [5.41, 5.74) is 0.468. The molecule has 1 aromatic carbocycles. The van der Waals surface area contributed by atoms with Crippen molar-refractivity contribution in [2.24, 2.45) is 0 Å². The van der Waals surface area contributed by atoms with E-state index < -0.39 is 30.2 Å². The number of aliphatic carboxylic acids is 1. The van der Waals surface area contributed by atoms with Gasteiger partial charge in [-0.2, -0.15) is 0 Å². The number of carbonyl (C=O) groups is 2. The van der Waals surface area contributed by atoms with Crippen LogP contribution in [0.25, 0.3) is 0 Å². The summed E-state index contributed by atoms with van der Waals surface area (Å²) in [5.74, 6) is -2.25. The second-order valence-corrected chi connectivity index (χ2v) is 4.13. The number of amides is 1. The third kappa shape index (κ3) is 3.44. The summed E-state index contributed by atoms with van der Waals surface area (Å²) < 4.78 is 17.8. The number of nitrogens with one attached hydrogen (secondary N) is 1. The zero-order valence-electron chi connectivity index (χ0n) is 10.3. The lowest BCUT2D eigenvalue weighted by Crippen LogP contribution is -2.34. The lowest BCUT2D eigenvalue weighted by Gasteiger charge is -2.19. The first-order valence-electron chi connectivity index (χ1n) is 5.86. The van der Waals surface area contributed by atoms with Gasteiger partial charge in [0.1, 0.15) is 5.82 Å². The van der Waals surface area contributed by atoms with E-state index in [1.54, 1.807) is 6.07 Å². The Bertz CT molecular complexity index is 592. The van der Waals surface area contributed by atoms with E-state index in [1.807, 2.05) is 0 Å². The van der Waals surface area contributed by atoms with Crippen LogP contribution in [-0.4, -0.2) is 11.9 Å². The molecule has 5 nitrogen and oxygen atoms in total. The van der Waals surface area contributed by atoms with Crippen molar-refractivity contribution in [2.75, 3.05) is 0 Å². The minimum atomic E-state index is -1.32. The Kier molecular flexibility index (Phi) is 4.14. The van der Waals surface area contributed by atoms with Crippen molar-refractivity contribution < 1.29 is 23.5 Å². The molecule has 0 aliphatic carbocycles. The SMILES string of the molecule is O=C([O-])CC(NC(=O)c1ccco1)c1ccc(F)cc1. The summed E-state index contributed by atoms with van der Waals surface area (Å²) in [5, 5.41) is 13.3. The Morgan fingerprint density at radius 1 is 1.25 bits per heavy atom. The van der Waals surface area contributed by atoms with Gasteiger partial charge in [0.2, 0.25) is 0 Å². The number of carbonyl (C=O) groups excluding carboxylic acids is 2. The summed E-state index contributed by atoms with van der Waals surface area (Å²) in [4.78, 5) is 22.6. The van der Waals surface area contributed by atoms with Gasteiger partial charge in [0, 0.05) is 12.4 Å². The largest absolute Gasteiger partial charge is 0.550 e. The highest BCUT2D eigenvalue weighted by Gasteiger charge is 2.17. The molecule has 104 valence electrons. The lowest BCUT2D eigenvalue weighted by molar-refractivity contribution is -0.306. The molecule has 2 aromatic rings. The zero-order chi connectivity index (χ0) is 14.5. The second-order valence-electron chi connectivity index (χ2n) is 4.13. The van der Waals surface area contributed by atoms with E-state index in [0.717, 1.165) is 0 Å². The van der Waals surface area contributed by atoms with Crippen LogP contribution in [0.4, 0.5) is 4.39 Å². The van der Waals surface area contributed by atoms with E-state index in [2.05, 4.69) is 5.32 Å². The quantitative estimate of drug-likeness (QED) is 0.884. The standard InChI is InChI=1S/C14H12FNO4/c15-10-5-3-9(4-6-10)11(8-13(17)18)16-14(19)12-2-1-7-20-12/h1-7,11H,8H2,(H,16,19)(H,17,18)/p-1. The minimum Gasteiger partial charge on any atom is -0.550 e. The van der Waals surface area contributed by atoms with Gasteiger partial charge in [0.15, 0.2) is 5.76 Å². The second kappa shape index (κ2) is 6.01. The van der Waals surface area contributed by atoms with Crippen molar-refractivity contribution in [2.45, 2.75) is 12.5 Å². The molecule has 2 rings (SSSR count). The molecule has 0 spiro atoms. The van der Waals surface area contributed by atoms with E-state index in [4.69, 9.17) is 4.42 Å². The van der Waals surface area contributed by atoms with E-state index in [0.29, 0.717) is 5.56 Å². The molecule has 1 heterocycles. The van der Waals surface area contributed by atoms with Crippen LogP contribution < -0.4 is 10.4 Å². The summed E-state index contributed by atoms with van der Waals surface area (Å²) >= 11 is 0. The van der Waals surface area contributed by atoms with Crippen LogP contribution in [0.1, 0.15) is 28.6 Å². The van der Waals surface area contributed by atoms with Gasteiger partial charge in [-0.3, -0.25) is 4.79 Å². The Labute approximate surface area is 114 Å². The monoisotopic (exact) mass is 276 g/mol. The van der Waals surface area contributed by atoms with Crippen LogP contribution in [0.2, 0.25) is 0 Å². The minimum absolute atomic E-state index is 0.0652. The number of carboxylic acids is 1. The van der Waals surface area contributed by atoms with Crippen molar-refractivity contribution >= 4 is 11.9 Å². The topological polar surface area (TPSA) is 82.4 Å². The number of rotatable bonds is 5. The maximum Gasteiger partial charge on any atom is 0.287 e. The summed E-state index contributed by atoms with van der Waals surface area (Å²) in [7, 11) is 0. The number of hydrogen-bond acceptors (Lipinski definition) is 4. The van der Waals surface area contributed by atoms with Crippen LogP contribution in [0.15, 0.2) is 47.1 Å². The summed E-state index contributed by atoms with van der Waals surface area (Å²) in [6, 6.07) is 7.37. The number of hydrogen-bond donors (Lipinski definition) is 1. The van der Waals surface area contributed by atoms with Crippen molar-refractivity contribution in [1.82, 2.24) is 5.32 Å². The van der Waals surface area contributed by atoms with Gasteiger partial charge in [0.25, 0.3) is 5.91 Å². The normalized spacial score (nSPS) is 11.8. The van der Waals surface area contributed by atoms with Crippen LogP contribution >= 0.6 is 0 Å². The van der Waals surface area contributed by atoms with Crippen LogP contribution in [0.5, 0.6) is 0 Å². The molecule has 1 amide bonds. The highest BCUT2D eigenvalue weighted by molar-refractivity contribution is 5.91. The van der Waals surface area contributed by atoms with Gasteiger partial charge in [-0.15, -0.1) is 0 Å². The van der Waals surface area contributed by atoms with Gasteiger partial charge < -0.3 is 19.6 Å². The van der Waals surface area contributed by atoms with Crippen LogP contribution in [0, 0.1) is 5.82 Å². The molecule has 0 saturated heterocycles. The first-order valence-corrected chi connectivity index (χ1v) is 5.86. The fourth-order valence-corrected chi connectivity index (χ4v) is 1.75. The van der Waals surface area contributed by atoms with Crippen molar-refractivity contribution in [3.8, 4) is 0 Å². The average Bonchev–Trinajstić information content (AvgIpc) is 2.92. The van der Waals surface area contributed by atoms with E-state index >= 15 is 0 Å². The molecular weight excluding hydrogens is 265 g/mol. The molecule has 0 radical (unpaired) electrons. The first-order chi connectivity index (χ1) is 9.56. The van der Waals surface area contributed by atoms with Gasteiger partial charge >= 0.3 is 0 Å². The number of furan rings is 1. The fourth-order valence-electron chi connectivity index (χ4n) is 1.75. The van der Waals surface area contributed by atoms with Gasteiger partial charge in [-0.05, 0) is 29.8 Å². The fraction of sp³-hybridized carbons (Fsp3) is 0.143. The van der Waals surface area contributed by atoms with E-state index in [1.165, 1.54) is 36.6 Å². The maximum atomic E-state index is 12.9. The van der Waals surface area contributed by atoms with Crippen LogP contribution in [-0.2, 0) is 4.79 Å². The summed E-state index contributed by atoms with van der Waals surface area (Å²) in [6.45, 7) is 0. The first kappa shape index (κ1) is 13.8. The predicted octanol–water partition coefficient (Wildman–Crippen LogP) is 1.03. The van der Waals surface area contributed by atoms with Gasteiger partial charge in [-0.25, -0.2) is 4.39 Å². The maximum absolute atomic E-state index is 12.9. The molecule has 1 N–H and O–H groups in total.